The van der Waals surface area contributed by atoms with Crippen LogP contribution in [0.3, 0.4) is 0 Å². The predicted molar refractivity (Wildman–Crippen MR) is 137 cm³/mol. The van der Waals surface area contributed by atoms with Crippen LogP contribution in [0.4, 0.5) is 21.6 Å². The Balaban J connectivity index is 1.13. The van der Waals surface area contributed by atoms with Gasteiger partial charge in [0.05, 0.1) is 22.0 Å². The van der Waals surface area contributed by atoms with Crippen LogP contribution in [0, 0.1) is 11.2 Å². The van der Waals surface area contributed by atoms with Gasteiger partial charge in [0.1, 0.15) is 17.3 Å². The van der Waals surface area contributed by atoms with E-state index in [1.165, 1.54) is 12.3 Å². The monoisotopic (exact) mass is 521 g/mol. The molecule has 5 heterocycles. The molecule has 0 atom stereocenters. The van der Waals surface area contributed by atoms with E-state index in [0.717, 1.165) is 30.3 Å². The lowest BCUT2D eigenvalue weighted by atomic mass is 9.72. The summed E-state index contributed by atoms with van der Waals surface area (Å²) in [6.07, 6.45) is 1.37. The smallest absolute Gasteiger partial charge is 0.337 e. The number of halogens is 2. The predicted octanol–water partition coefficient (Wildman–Crippen LogP) is 4.36. The van der Waals surface area contributed by atoms with Gasteiger partial charge in [-0.1, -0.05) is 25.4 Å². The highest BCUT2D eigenvalue weighted by atomic mass is 35.5. The molecule has 1 spiro atoms. The van der Waals surface area contributed by atoms with Gasteiger partial charge in [0.25, 0.3) is 5.91 Å². The summed E-state index contributed by atoms with van der Waals surface area (Å²) in [7, 11) is 0. The zero-order chi connectivity index (χ0) is 26.1. The summed E-state index contributed by atoms with van der Waals surface area (Å²) in [6.45, 7) is 7.58. The molecule has 6 rings (SSSR count). The van der Waals surface area contributed by atoms with E-state index in [0.29, 0.717) is 31.0 Å². The average Bonchev–Trinajstić information content (AvgIpc) is 3.09. The van der Waals surface area contributed by atoms with Crippen LogP contribution in [0.1, 0.15) is 40.4 Å². The number of aromatic nitrogens is 2. The second kappa shape index (κ2) is 8.14. The van der Waals surface area contributed by atoms with E-state index < -0.39 is 11.8 Å². The minimum atomic E-state index is -0.998. The van der Waals surface area contributed by atoms with E-state index in [-0.39, 0.29) is 27.3 Å². The lowest BCUT2D eigenvalue weighted by Gasteiger charge is -2.60. The summed E-state index contributed by atoms with van der Waals surface area (Å²) < 4.78 is 14.1. The maximum Gasteiger partial charge on any atom is 0.337 e. The van der Waals surface area contributed by atoms with E-state index in [1.54, 1.807) is 30.3 Å². The number of hydrogen-bond acceptors (Lipinski definition) is 6. The van der Waals surface area contributed by atoms with Crippen LogP contribution >= 0.6 is 11.6 Å². The van der Waals surface area contributed by atoms with E-state index in [1.807, 2.05) is 15.9 Å². The number of hydrogen-bond donors (Lipinski definition) is 1. The first-order valence-electron chi connectivity index (χ1n) is 12.0. The Labute approximate surface area is 218 Å². The molecule has 2 saturated heterocycles. The maximum atomic E-state index is 14.1. The van der Waals surface area contributed by atoms with Crippen LogP contribution in [-0.4, -0.2) is 64.6 Å². The van der Waals surface area contributed by atoms with E-state index in [4.69, 9.17) is 21.7 Å². The fourth-order valence-corrected chi connectivity index (χ4v) is 5.74. The van der Waals surface area contributed by atoms with Crippen LogP contribution < -0.4 is 9.80 Å². The molecule has 0 aliphatic carbocycles. The van der Waals surface area contributed by atoms with Crippen LogP contribution in [0.25, 0.3) is 0 Å². The molecule has 1 N–H and O–H groups in total. The molecule has 8 nitrogen and oxygen atoms in total. The summed E-state index contributed by atoms with van der Waals surface area (Å²) in [5.41, 5.74) is 2.65. The average molecular weight is 522 g/mol. The molecule has 2 fully saturated rings. The van der Waals surface area contributed by atoms with E-state index in [2.05, 4.69) is 23.7 Å². The van der Waals surface area contributed by atoms with Gasteiger partial charge in [-0.3, -0.25) is 4.79 Å². The Morgan fingerprint density at radius 2 is 1.78 bits per heavy atom. The Morgan fingerprint density at radius 3 is 2.43 bits per heavy atom. The summed E-state index contributed by atoms with van der Waals surface area (Å²) in [5, 5.41) is 9.12. The molecule has 0 unspecified atom stereocenters. The fraction of sp³-hybridized carbons (Fsp3) is 0.333. The van der Waals surface area contributed by atoms with Gasteiger partial charge in [0.15, 0.2) is 0 Å². The van der Waals surface area contributed by atoms with Gasteiger partial charge in [-0.25, -0.2) is 19.2 Å². The Morgan fingerprint density at radius 1 is 1.03 bits per heavy atom. The number of amides is 1. The minimum absolute atomic E-state index is 0.0360. The third-order valence-corrected chi connectivity index (χ3v) is 7.81. The minimum Gasteiger partial charge on any atom is -0.478 e. The Bertz CT molecular complexity index is 1430. The van der Waals surface area contributed by atoms with Gasteiger partial charge in [0.2, 0.25) is 0 Å². The van der Waals surface area contributed by atoms with Gasteiger partial charge in [-0.2, -0.15) is 0 Å². The van der Waals surface area contributed by atoms with Crippen molar-refractivity contribution in [2.75, 3.05) is 42.5 Å². The summed E-state index contributed by atoms with van der Waals surface area (Å²) in [5.74, 6) is -0.822. The Hall–Kier alpha value is -3.72. The van der Waals surface area contributed by atoms with Gasteiger partial charge < -0.3 is 19.8 Å². The van der Waals surface area contributed by atoms with Crippen molar-refractivity contribution in [3.63, 3.8) is 0 Å². The molecule has 3 aliphatic heterocycles. The lowest BCUT2D eigenvalue weighted by molar-refractivity contribution is -0.0111. The number of anilines is 3. The molecule has 2 aromatic heterocycles. The number of nitrogens with zero attached hydrogens (tertiary/aromatic N) is 5. The first kappa shape index (κ1) is 23.7. The molecule has 3 aromatic rings. The number of carboxylic acid groups (broad SMARTS) is 1. The number of carbonyl (C=O) groups is 2. The van der Waals surface area contributed by atoms with Crippen LogP contribution in [-0.2, 0) is 5.41 Å². The number of carbonyl (C=O) groups excluding carboxylic acids is 1. The number of pyridine rings is 2. The quantitative estimate of drug-likeness (QED) is 0.545. The van der Waals surface area contributed by atoms with Crippen molar-refractivity contribution in [1.29, 1.82) is 0 Å². The topological polar surface area (TPSA) is 89.9 Å². The van der Waals surface area contributed by atoms with Crippen LogP contribution in [0.15, 0.2) is 48.7 Å². The van der Waals surface area contributed by atoms with E-state index in [9.17, 15) is 14.0 Å². The normalized spacial score (nSPS) is 18.9. The number of fused-ring (bicyclic) bond motifs is 1. The van der Waals surface area contributed by atoms with Crippen molar-refractivity contribution in [2.24, 2.45) is 5.41 Å². The molecule has 0 bridgehead atoms. The first-order chi connectivity index (χ1) is 17.6. The first-order valence-corrected chi connectivity index (χ1v) is 12.4. The largest absolute Gasteiger partial charge is 0.478 e. The van der Waals surface area contributed by atoms with Gasteiger partial charge in [-0.15, -0.1) is 0 Å². The molecular formula is C27H25ClFN5O3. The number of aromatic carboxylic acids is 1. The number of carboxylic acids is 1. The van der Waals surface area contributed by atoms with Crippen molar-refractivity contribution >= 4 is 40.7 Å². The number of likely N-dealkylation sites (tertiary alicyclic amines) is 1. The van der Waals surface area contributed by atoms with Crippen molar-refractivity contribution in [3.8, 4) is 0 Å². The SMILES string of the molecule is CC1(C)CN(c2ccc(Cl)c(F)c2)c2ccc(C(=O)N3CC4(C3)CN(c3ccc(C(=O)O)cn3)C4)nc21. The zero-order valence-corrected chi connectivity index (χ0v) is 21.2. The molecule has 0 radical (unpaired) electrons. The summed E-state index contributed by atoms with van der Waals surface area (Å²) in [6, 6.07) is 11.7. The molecular weight excluding hydrogens is 497 g/mol. The van der Waals surface area contributed by atoms with Crippen LogP contribution in [0.5, 0.6) is 0 Å². The van der Waals surface area contributed by atoms with E-state index >= 15 is 0 Å². The van der Waals surface area contributed by atoms with Crippen molar-refractivity contribution in [1.82, 2.24) is 14.9 Å². The zero-order valence-electron chi connectivity index (χ0n) is 20.4. The molecule has 1 amide bonds. The highest BCUT2D eigenvalue weighted by molar-refractivity contribution is 6.30. The molecule has 10 heteroatoms. The third kappa shape index (κ3) is 3.89. The molecule has 190 valence electrons. The molecule has 3 aliphatic rings. The number of benzene rings is 1. The van der Waals surface area contributed by atoms with Crippen LogP contribution in [0.2, 0.25) is 5.02 Å². The lowest BCUT2D eigenvalue weighted by Crippen LogP contribution is -2.73. The standard InChI is InChI=1S/C27H25ClFN5O3/c1-26(2)11-34(17-4-5-18(28)19(29)9-17)21-7-6-20(31-23(21)26)24(35)33-14-27(15-33)12-32(13-27)22-8-3-16(10-30-22)25(36)37/h3-10H,11-15H2,1-2H3,(H,36,37). The summed E-state index contributed by atoms with van der Waals surface area (Å²) in [4.78, 5) is 39.2. The van der Waals surface area contributed by atoms with Gasteiger partial charge >= 0.3 is 5.97 Å². The Kier molecular flexibility index (Phi) is 5.21. The highest BCUT2D eigenvalue weighted by Crippen LogP contribution is 2.45. The maximum absolute atomic E-state index is 14.1. The van der Waals surface area contributed by atoms with Crippen molar-refractivity contribution in [2.45, 2.75) is 19.3 Å². The van der Waals surface area contributed by atoms with Gasteiger partial charge in [-0.05, 0) is 42.5 Å². The third-order valence-electron chi connectivity index (χ3n) is 7.50. The molecule has 37 heavy (non-hydrogen) atoms. The number of rotatable bonds is 4. The summed E-state index contributed by atoms with van der Waals surface area (Å²) >= 11 is 5.86. The second-order valence-corrected chi connectivity index (χ2v) is 11.3. The fourth-order valence-electron chi connectivity index (χ4n) is 5.62. The molecule has 0 saturated carbocycles. The molecule has 1 aromatic carbocycles. The highest BCUT2D eigenvalue weighted by Gasteiger charge is 2.54. The van der Waals surface area contributed by atoms with Gasteiger partial charge in [0, 0.05) is 55.4 Å². The van der Waals surface area contributed by atoms with Crippen molar-refractivity contribution in [3.05, 3.63) is 76.5 Å². The van der Waals surface area contributed by atoms with Crippen molar-refractivity contribution < 1.29 is 19.1 Å². The second-order valence-electron chi connectivity index (χ2n) is 10.9.